The fourth-order valence-electron chi connectivity index (χ4n) is 6.18. The summed E-state index contributed by atoms with van der Waals surface area (Å²) < 4.78 is 36.6. The van der Waals surface area contributed by atoms with Gasteiger partial charge in [0.15, 0.2) is 17.7 Å². The first-order valence-corrected chi connectivity index (χ1v) is 16.9. The van der Waals surface area contributed by atoms with Crippen LogP contribution in [0.3, 0.4) is 0 Å². The van der Waals surface area contributed by atoms with Crippen LogP contribution in [0.1, 0.15) is 61.6 Å². The van der Waals surface area contributed by atoms with Crippen LogP contribution in [0.25, 0.3) is 11.2 Å². The number of fused-ring (bicyclic) bond motifs is 1. The summed E-state index contributed by atoms with van der Waals surface area (Å²) >= 11 is 0. The molecule has 0 spiro atoms. The predicted octanol–water partition coefficient (Wildman–Crippen LogP) is 3.61. The number of aromatic nitrogens is 4. The van der Waals surface area contributed by atoms with Crippen molar-refractivity contribution in [3.63, 3.8) is 0 Å². The molecule has 4 atom stereocenters. The summed E-state index contributed by atoms with van der Waals surface area (Å²) in [5.74, 6) is 0.312. The minimum atomic E-state index is -2.82. The van der Waals surface area contributed by atoms with E-state index in [4.69, 9.17) is 33.9 Å². The molecule has 3 aliphatic rings. The molecule has 200 valence electrons. The number of nitrogens with zero attached hydrogens (tertiary/aromatic N) is 4. The second-order valence-corrected chi connectivity index (χ2v) is 20.5. The molecule has 0 aliphatic carbocycles. The van der Waals surface area contributed by atoms with Gasteiger partial charge in [-0.15, -0.1) is 0 Å². The largest absolute Gasteiger partial charge is 0.414 e. The van der Waals surface area contributed by atoms with Crippen molar-refractivity contribution in [3.05, 3.63) is 6.33 Å². The summed E-state index contributed by atoms with van der Waals surface area (Å²) in [6.45, 7) is 18.4. The van der Waals surface area contributed by atoms with Gasteiger partial charge in [0.25, 0.3) is 0 Å². The maximum atomic E-state index is 7.32. The minimum Gasteiger partial charge on any atom is -0.414 e. The van der Waals surface area contributed by atoms with Crippen molar-refractivity contribution in [3.8, 4) is 0 Å². The van der Waals surface area contributed by atoms with Gasteiger partial charge in [0.2, 0.25) is 5.95 Å². The number of anilines is 2. The second kappa shape index (κ2) is 8.71. The highest BCUT2D eigenvalue weighted by Crippen LogP contribution is 2.54. The molecule has 5 heterocycles. The first-order chi connectivity index (χ1) is 16.9. The van der Waals surface area contributed by atoms with E-state index in [1.165, 1.54) is 0 Å². The molecule has 0 aromatic carbocycles. The number of hydrogen-bond donors (Lipinski definition) is 2. The molecule has 11 nitrogen and oxygen atoms in total. The maximum absolute atomic E-state index is 7.32. The number of hydrogen-bond acceptors (Lipinski definition) is 10. The van der Waals surface area contributed by atoms with Crippen LogP contribution in [0, 0.1) is 0 Å². The van der Waals surface area contributed by atoms with Gasteiger partial charge < -0.3 is 33.9 Å². The monoisotopic (exact) mass is 536 g/mol. The zero-order valence-electron chi connectivity index (χ0n) is 22.5. The van der Waals surface area contributed by atoms with Crippen LogP contribution in [-0.2, 0) is 22.4 Å². The molecule has 0 radical (unpaired) electrons. The van der Waals surface area contributed by atoms with Crippen LogP contribution in [0.15, 0.2) is 6.33 Å². The van der Waals surface area contributed by atoms with E-state index in [1.807, 2.05) is 4.57 Å². The van der Waals surface area contributed by atoms with Gasteiger partial charge in [-0.05, 0) is 22.2 Å². The van der Waals surface area contributed by atoms with E-state index < -0.39 is 29.0 Å². The molecule has 3 fully saturated rings. The summed E-state index contributed by atoms with van der Waals surface area (Å²) in [6.07, 6.45) is 0.398. The van der Waals surface area contributed by atoms with Gasteiger partial charge >= 0.3 is 17.1 Å². The SMILES string of the molecule is CC(C)[Si]1(C(C)C)OC[C@]23CO[C@@H](C2O[Si](C(C)C)(C(C)C)O1)[C@H](n1cnc2c(N)nc(N)nc21)O3. The van der Waals surface area contributed by atoms with Crippen LogP contribution in [0.5, 0.6) is 0 Å². The zero-order valence-corrected chi connectivity index (χ0v) is 24.5. The molecule has 5 rings (SSSR count). The molecular weight excluding hydrogens is 496 g/mol. The third kappa shape index (κ3) is 3.58. The molecule has 4 N–H and O–H groups in total. The maximum Gasteiger partial charge on any atom is 0.335 e. The van der Waals surface area contributed by atoms with Crippen molar-refractivity contribution < 1.29 is 22.4 Å². The Morgan fingerprint density at radius 2 is 1.58 bits per heavy atom. The Labute approximate surface area is 214 Å². The van der Waals surface area contributed by atoms with E-state index in [2.05, 4.69) is 70.3 Å². The molecule has 2 aromatic heterocycles. The van der Waals surface area contributed by atoms with Crippen molar-refractivity contribution in [1.82, 2.24) is 19.5 Å². The molecule has 2 bridgehead atoms. The van der Waals surface area contributed by atoms with Gasteiger partial charge in [-0.25, -0.2) is 4.98 Å². The quantitative estimate of drug-likeness (QED) is 0.544. The van der Waals surface area contributed by atoms with Crippen LogP contribution >= 0.6 is 0 Å². The van der Waals surface area contributed by atoms with Crippen molar-refractivity contribution in [2.75, 3.05) is 24.7 Å². The van der Waals surface area contributed by atoms with Crippen LogP contribution in [0.2, 0.25) is 22.2 Å². The molecule has 3 aliphatic heterocycles. The second-order valence-electron chi connectivity index (χ2n) is 11.6. The third-order valence-corrected chi connectivity index (χ3v) is 18.3. The lowest BCUT2D eigenvalue weighted by atomic mass is 10.0. The number of nitrogen functional groups attached to an aromatic ring is 2. The van der Waals surface area contributed by atoms with E-state index in [0.29, 0.717) is 24.4 Å². The molecule has 3 saturated heterocycles. The van der Waals surface area contributed by atoms with Crippen molar-refractivity contribution >= 4 is 40.1 Å². The lowest BCUT2D eigenvalue weighted by Gasteiger charge is -2.52. The van der Waals surface area contributed by atoms with Crippen LogP contribution in [-0.4, -0.2) is 67.7 Å². The molecule has 0 amide bonds. The predicted molar refractivity (Wildman–Crippen MR) is 141 cm³/mol. The van der Waals surface area contributed by atoms with Gasteiger partial charge in [0.1, 0.15) is 23.3 Å². The van der Waals surface area contributed by atoms with E-state index in [9.17, 15) is 0 Å². The van der Waals surface area contributed by atoms with Crippen molar-refractivity contribution in [1.29, 1.82) is 0 Å². The van der Waals surface area contributed by atoms with Crippen molar-refractivity contribution in [2.24, 2.45) is 0 Å². The van der Waals surface area contributed by atoms with Gasteiger partial charge in [-0.2, -0.15) is 9.97 Å². The molecule has 2 aromatic rings. The van der Waals surface area contributed by atoms with E-state index >= 15 is 0 Å². The standard InChI is InChI=1S/C23H40N6O5Si2/c1-12(2)35(13(3)4)31-10-23-9-30-17(18(23)33-36(34-35,14(5)6)15(7)8)21(32-23)29-11-26-16-19(24)27-22(25)28-20(16)29/h11-15,17-18,21H,9-10H2,1-8H3,(H4,24,25,27,28)/t17-,18?,21+,23+/m0/s1. The minimum absolute atomic E-state index is 0.0821. The normalized spacial score (nSPS) is 31.5. The van der Waals surface area contributed by atoms with Gasteiger partial charge in [0.05, 0.1) is 19.5 Å². The van der Waals surface area contributed by atoms with Crippen molar-refractivity contribution in [2.45, 2.75) is 102 Å². The van der Waals surface area contributed by atoms with Gasteiger partial charge in [-0.1, -0.05) is 55.4 Å². The Bertz CT molecular complexity index is 1130. The molecule has 13 heteroatoms. The number of nitrogens with two attached hydrogens (primary N) is 2. The van der Waals surface area contributed by atoms with Crippen LogP contribution in [0.4, 0.5) is 11.8 Å². The van der Waals surface area contributed by atoms with Gasteiger partial charge in [0, 0.05) is 0 Å². The Morgan fingerprint density at radius 1 is 0.944 bits per heavy atom. The van der Waals surface area contributed by atoms with E-state index in [1.54, 1.807) is 6.33 Å². The smallest absolute Gasteiger partial charge is 0.335 e. The summed E-state index contributed by atoms with van der Waals surface area (Å²) in [4.78, 5) is 12.9. The lowest BCUT2D eigenvalue weighted by Crippen LogP contribution is -2.67. The number of imidazole rings is 1. The summed E-state index contributed by atoms with van der Waals surface area (Å²) in [7, 11) is -5.52. The molecule has 1 unspecified atom stereocenters. The highest BCUT2D eigenvalue weighted by atomic mass is 28.5. The Kier molecular flexibility index (Phi) is 6.30. The molecule has 0 saturated carbocycles. The number of ether oxygens (including phenoxy) is 2. The molecule has 36 heavy (non-hydrogen) atoms. The number of rotatable bonds is 5. The average molecular weight is 537 g/mol. The first-order valence-electron chi connectivity index (χ1n) is 12.9. The van der Waals surface area contributed by atoms with Crippen LogP contribution < -0.4 is 11.5 Å². The lowest BCUT2D eigenvalue weighted by molar-refractivity contribution is -0.186. The fraction of sp³-hybridized carbons (Fsp3) is 0.783. The molecular formula is C23H40N6O5Si2. The summed E-state index contributed by atoms with van der Waals surface area (Å²) in [5.41, 5.74) is 13.1. The Balaban J connectivity index is 1.62. The first kappa shape index (κ1) is 26.0. The van der Waals surface area contributed by atoms with E-state index in [0.717, 1.165) is 0 Å². The fourth-order valence-corrected chi connectivity index (χ4v) is 17.5. The zero-order chi connectivity index (χ0) is 26.2. The van der Waals surface area contributed by atoms with Gasteiger partial charge in [-0.3, -0.25) is 4.57 Å². The highest BCUT2D eigenvalue weighted by molar-refractivity contribution is 6.84. The summed E-state index contributed by atoms with van der Waals surface area (Å²) in [5, 5.41) is 0. The average Bonchev–Trinajstić information content (AvgIpc) is 3.42. The summed E-state index contributed by atoms with van der Waals surface area (Å²) in [6, 6.07) is 0. The third-order valence-electron chi connectivity index (χ3n) is 8.10. The Hall–Kier alpha value is -1.62. The topological polar surface area (TPSA) is 142 Å². The Morgan fingerprint density at radius 3 is 2.19 bits per heavy atom. The highest BCUT2D eigenvalue weighted by Gasteiger charge is 2.69. The van der Waals surface area contributed by atoms with E-state index in [-0.39, 0.29) is 46.1 Å².